The van der Waals surface area contributed by atoms with Crippen LogP contribution < -0.4 is 11.2 Å². The second kappa shape index (κ2) is 5.53. The molecule has 0 bridgehead atoms. The molecule has 8 heteroatoms. The quantitative estimate of drug-likeness (QED) is 0.532. The number of hydrogen-bond acceptors (Lipinski definition) is 4. The fourth-order valence-corrected chi connectivity index (χ4v) is 2.37. The molecule has 0 saturated carbocycles. The van der Waals surface area contributed by atoms with E-state index in [1.807, 2.05) is 0 Å². The molecule has 110 valence electrons. The molecule has 0 amide bonds. The molecule has 0 atom stereocenters. The highest BCUT2D eigenvalue weighted by atomic mass is 35.5. The third kappa shape index (κ3) is 2.59. The standard InChI is InChI=1S/C13H12ClN3O4/c1-3-9-11(14)15-13(19)16(12(9)18)8-4-5-10(17(20)21)7(2)6-8/h4-6H,3H2,1-2H3,(H,15,19). The summed E-state index contributed by atoms with van der Waals surface area (Å²) in [7, 11) is 0. The van der Waals surface area contributed by atoms with Crippen LogP contribution in [0.15, 0.2) is 27.8 Å². The van der Waals surface area contributed by atoms with Gasteiger partial charge in [-0.25, -0.2) is 9.36 Å². The zero-order valence-electron chi connectivity index (χ0n) is 11.3. The molecular weight excluding hydrogens is 298 g/mol. The molecule has 0 radical (unpaired) electrons. The number of nitro groups is 1. The van der Waals surface area contributed by atoms with E-state index < -0.39 is 16.2 Å². The number of nitrogens with zero attached hydrogens (tertiary/aromatic N) is 2. The molecule has 2 aromatic rings. The average Bonchev–Trinajstić information content (AvgIpc) is 2.38. The molecule has 0 aliphatic heterocycles. The number of H-pyrrole nitrogens is 1. The maximum absolute atomic E-state index is 12.3. The lowest BCUT2D eigenvalue weighted by molar-refractivity contribution is -0.385. The van der Waals surface area contributed by atoms with Gasteiger partial charge in [-0.05, 0) is 25.5 Å². The van der Waals surface area contributed by atoms with Crippen LogP contribution in [-0.2, 0) is 6.42 Å². The number of nitro benzene ring substituents is 1. The van der Waals surface area contributed by atoms with E-state index in [-0.39, 0.29) is 22.1 Å². The van der Waals surface area contributed by atoms with Gasteiger partial charge in [-0.15, -0.1) is 0 Å². The molecule has 1 aromatic carbocycles. The van der Waals surface area contributed by atoms with Gasteiger partial charge in [0.05, 0.1) is 16.2 Å². The van der Waals surface area contributed by atoms with Crippen molar-refractivity contribution in [3.63, 3.8) is 0 Å². The van der Waals surface area contributed by atoms with Crippen LogP contribution in [0.2, 0.25) is 5.15 Å². The fraction of sp³-hybridized carbons (Fsp3) is 0.231. The first-order valence-corrected chi connectivity index (χ1v) is 6.53. The summed E-state index contributed by atoms with van der Waals surface area (Å²) < 4.78 is 0.918. The van der Waals surface area contributed by atoms with Crippen molar-refractivity contribution in [3.8, 4) is 5.69 Å². The summed E-state index contributed by atoms with van der Waals surface area (Å²) in [6.07, 6.45) is 0.362. The lowest BCUT2D eigenvalue weighted by Crippen LogP contribution is -2.36. The summed E-state index contributed by atoms with van der Waals surface area (Å²) in [5, 5.41) is 10.8. The van der Waals surface area contributed by atoms with Crippen LogP contribution in [0.5, 0.6) is 0 Å². The van der Waals surface area contributed by atoms with E-state index in [1.54, 1.807) is 6.92 Å². The Balaban J connectivity index is 2.74. The summed E-state index contributed by atoms with van der Waals surface area (Å²) in [6, 6.07) is 4.04. The molecule has 0 saturated heterocycles. The van der Waals surface area contributed by atoms with E-state index in [2.05, 4.69) is 4.98 Å². The maximum atomic E-state index is 12.3. The van der Waals surface area contributed by atoms with Crippen molar-refractivity contribution in [3.05, 3.63) is 65.4 Å². The molecule has 0 aliphatic carbocycles. The molecular formula is C13H12ClN3O4. The molecule has 1 N–H and O–H groups in total. The van der Waals surface area contributed by atoms with Crippen LogP contribution in [-0.4, -0.2) is 14.5 Å². The molecule has 21 heavy (non-hydrogen) atoms. The highest BCUT2D eigenvalue weighted by Crippen LogP contribution is 2.20. The van der Waals surface area contributed by atoms with Crippen LogP contribution in [0, 0.1) is 17.0 Å². The molecule has 1 aromatic heterocycles. The lowest BCUT2D eigenvalue weighted by atomic mass is 10.1. The van der Waals surface area contributed by atoms with Gasteiger partial charge >= 0.3 is 5.69 Å². The number of nitrogens with one attached hydrogen (secondary N) is 1. The number of hydrogen-bond donors (Lipinski definition) is 1. The van der Waals surface area contributed by atoms with Gasteiger partial charge in [0.1, 0.15) is 5.15 Å². The largest absolute Gasteiger partial charge is 0.334 e. The van der Waals surface area contributed by atoms with Gasteiger partial charge in [-0.3, -0.25) is 19.9 Å². The molecule has 0 fully saturated rings. The summed E-state index contributed by atoms with van der Waals surface area (Å²) >= 11 is 5.83. The summed E-state index contributed by atoms with van der Waals surface area (Å²) in [5.74, 6) is 0. The van der Waals surface area contributed by atoms with Gasteiger partial charge in [-0.1, -0.05) is 18.5 Å². The van der Waals surface area contributed by atoms with Crippen LogP contribution >= 0.6 is 11.6 Å². The second-order valence-electron chi connectivity index (χ2n) is 4.44. The van der Waals surface area contributed by atoms with Crippen molar-refractivity contribution in [2.45, 2.75) is 20.3 Å². The van der Waals surface area contributed by atoms with Gasteiger partial charge in [0.15, 0.2) is 0 Å². The molecule has 2 rings (SSSR count). The first kappa shape index (κ1) is 15.0. The van der Waals surface area contributed by atoms with Crippen LogP contribution in [0.3, 0.4) is 0 Å². The summed E-state index contributed by atoms with van der Waals surface area (Å²) in [6.45, 7) is 3.28. The van der Waals surface area contributed by atoms with E-state index in [9.17, 15) is 19.7 Å². The van der Waals surface area contributed by atoms with E-state index in [4.69, 9.17) is 11.6 Å². The van der Waals surface area contributed by atoms with Gasteiger partial charge in [0.2, 0.25) is 0 Å². The molecule has 7 nitrogen and oxygen atoms in total. The second-order valence-corrected chi connectivity index (χ2v) is 4.82. The first-order valence-electron chi connectivity index (χ1n) is 6.16. The van der Waals surface area contributed by atoms with Crippen LogP contribution in [0.1, 0.15) is 18.1 Å². The minimum atomic E-state index is -0.685. The monoisotopic (exact) mass is 309 g/mol. The predicted octanol–water partition coefficient (Wildman–Crippen LogP) is 1.96. The lowest BCUT2D eigenvalue weighted by Gasteiger charge is -2.08. The average molecular weight is 310 g/mol. The Labute approximate surface area is 124 Å². The highest BCUT2D eigenvalue weighted by Gasteiger charge is 2.16. The van der Waals surface area contributed by atoms with Gasteiger partial charge in [-0.2, -0.15) is 0 Å². The molecule has 0 spiro atoms. The van der Waals surface area contributed by atoms with Gasteiger partial charge in [0.25, 0.3) is 11.2 Å². The third-order valence-electron chi connectivity index (χ3n) is 3.13. The predicted molar refractivity (Wildman–Crippen MR) is 78.4 cm³/mol. The Morgan fingerprint density at radius 3 is 2.57 bits per heavy atom. The molecule has 0 aliphatic rings. The Bertz CT molecular complexity index is 838. The number of rotatable bonds is 3. The van der Waals surface area contributed by atoms with E-state index in [0.29, 0.717) is 12.0 Å². The SMILES string of the molecule is CCc1c(Cl)[nH]c(=O)n(-c2ccc([N+](=O)[O-])c(C)c2)c1=O. The summed E-state index contributed by atoms with van der Waals surface area (Å²) in [4.78, 5) is 36.9. The Hall–Kier alpha value is -2.41. The number of benzene rings is 1. The van der Waals surface area contributed by atoms with Gasteiger partial charge in [0, 0.05) is 11.6 Å². The number of aromatic nitrogens is 2. The minimum Gasteiger partial charge on any atom is -0.297 e. The van der Waals surface area contributed by atoms with E-state index >= 15 is 0 Å². The van der Waals surface area contributed by atoms with Crippen molar-refractivity contribution in [2.24, 2.45) is 0 Å². The van der Waals surface area contributed by atoms with Gasteiger partial charge < -0.3 is 0 Å². The number of halogens is 1. The fourth-order valence-electron chi connectivity index (χ4n) is 2.07. The number of aryl methyl sites for hydroxylation is 1. The Morgan fingerprint density at radius 1 is 1.38 bits per heavy atom. The Kier molecular flexibility index (Phi) is 3.95. The Morgan fingerprint density at radius 2 is 2.05 bits per heavy atom. The van der Waals surface area contributed by atoms with E-state index in [1.165, 1.54) is 25.1 Å². The smallest absolute Gasteiger partial charge is 0.297 e. The molecule has 0 unspecified atom stereocenters. The van der Waals surface area contributed by atoms with Crippen molar-refractivity contribution in [1.82, 2.24) is 9.55 Å². The number of aromatic amines is 1. The minimum absolute atomic E-state index is 0.0161. The zero-order chi connectivity index (χ0) is 15.7. The summed E-state index contributed by atoms with van der Waals surface area (Å²) in [5.41, 5.74) is -0.386. The van der Waals surface area contributed by atoms with E-state index in [0.717, 1.165) is 4.57 Å². The van der Waals surface area contributed by atoms with Crippen LogP contribution in [0.25, 0.3) is 5.69 Å². The maximum Gasteiger partial charge on any atom is 0.334 e. The van der Waals surface area contributed by atoms with Crippen LogP contribution in [0.4, 0.5) is 5.69 Å². The van der Waals surface area contributed by atoms with Crippen molar-refractivity contribution >= 4 is 17.3 Å². The third-order valence-corrected chi connectivity index (χ3v) is 3.46. The first-order chi connectivity index (χ1) is 9.86. The highest BCUT2D eigenvalue weighted by molar-refractivity contribution is 6.30. The molecule has 1 heterocycles. The van der Waals surface area contributed by atoms with Crippen molar-refractivity contribution in [1.29, 1.82) is 0 Å². The van der Waals surface area contributed by atoms with Crippen molar-refractivity contribution < 1.29 is 4.92 Å². The topological polar surface area (TPSA) is 98.0 Å². The van der Waals surface area contributed by atoms with Crippen molar-refractivity contribution in [2.75, 3.05) is 0 Å². The zero-order valence-corrected chi connectivity index (χ0v) is 12.1. The normalized spacial score (nSPS) is 10.6.